The van der Waals surface area contributed by atoms with Crippen molar-refractivity contribution in [2.24, 2.45) is 0 Å². The van der Waals surface area contributed by atoms with Gasteiger partial charge in [0.25, 0.3) is 0 Å². The van der Waals surface area contributed by atoms with E-state index in [1.807, 2.05) is 182 Å². The van der Waals surface area contributed by atoms with Crippen LogP contribution >= 0.6 is 0 Å². The Labute approximate surface area is 395 Å². The third kappa shape index (κ3) is 5.69. The van der Waals surface area contributed by atoms with E-state index in [9.17, 15) is 0 Å². The molecule has 334 valence electrons. The second-order valence-electron chi connectivity index (χ2n) is 17.8. The summed E-state index contributed by atoms with van der Waals surface area (Å²) in [6.07, 6.45) is -4.98. The van der Waals surface area contributed by atoms with Crippen LogP contribution in [0.1, 0.15) is 5.56 Å². The van der Waals surface area contributed by atoms with Crippen molar-refractivity contribution >= 4 is 87.2 Å². The minimum atomic E-state index is -4.98. The fraction of sp³-hybridized carbons (Fsp3) is 0.0164. The summed E-state index contributed by atoms with van der Waals surface area (Å²) in [6, 6.07) is 64.8. The Morgan fingerprint density at radius 1 is 0.300 bits per heavy atom. The van der Waals surface area contributed by atoms with E-state index in [0.717, 1.165) is 82.6 Å². The molecular formula is C61H35F5N4. The maximum Gasteiger partial charge on any atom is 0.420 e. The first kappa shape index (κ1) is 40.1. The summed E-state index contributed by atoms with van der Waals surface area (Å²) in [7, 11) is 0. The van der Waals surface area contributed by atoms with Crippen molar-refractivity contribution in [3.05, 3.63) is 230 Å². The number of benzene rings is 10. The van der Waals surface area contributed by atoms with Gasteiger partial charge in [0.15, 0.2) is 0 Å². The van der Waals surface area contributed by atoms with Gasteiger partial charge in [-0.3, -0.25) is 0 Å². The summed E-state index contributed by atoms with van der Waals surface area (Å²) >= 11 is 0. The molecule has 0 aliphatic rings. The number of halogens is 5. The van der Waals surface area contributed by atoms with E-state index in [4.69, 9.17) is 0 Å². The van der Waals surface area contributed by atoms with E-state index in [-0.39, 0.29) is 22.5 Å². The Morgan fingerprint density at radius 2 is 0.657 bits per heavy atom. The highest BCUT2D eigenvalue weighted by molar-refractivity contribution is 6.28. The lowest BCUT2D eigenvalue weighted by Crippen LogP contribution is -2.16. The molecule has 14 aromatic rings. The molecule has 0 saturated heterocycles. The Kier molecular flexibility index (Phi) is 8.47. The zero-order valence-corrected chi connectivity index (χ0v) is 36.9. The maximum atomic E-state index is 17.2. The van der Waals surface area contributed by atoms with Crippen molar-refractivity contribution in [1.29, 1.82) is 0 Å². The van der Waals surface area contributed by atoms with Crippen LogP contribution in [0, 0.1) is 11.6 Å². The topological polar surface area (TPSA) is 19.7 Å². The van der Waals surface area contributed by atoms with Gasteiger partial charge in [-0.15, -0.1) is 0 Å². The Hall–Kier alpha value is -8.95. The van der Waals surface area contributed by atoms with E-state index >= 15 is 22.0 Å². The van der Waals surface area contributed by atoms with Gasteiger partial charge in [0.1, 0.15) is 17.2 Å². The summed E-state index contributed by atoms with van der Waals surface area (Å²) in [5.41, 5.74) is 6.39. The third-order valence-corrected chi connectivity index (χ3v) is 14.0. The van der Waals surface area contributed by atoms with Crippen molar-refractivity contribution in [3.8, 4) is 33.9 Å². The fourth-order valence-electron chi connectivity index (χ4n) is 11.4. The molecule has 4 heterocycles. The maximum absolute atomic E-state index is 17.2. The summed E-state index contributed by atoms with van der Waals surface area (Å²) in [5, 5.41) is 6.24. The lowest BCUT2D eigenvalue weighted by molar-refractivity contribution is -0.137. The first-order chi connectivity index (χ1) is 34.2. The molecular weight excluding hydrogens is 884 g/mol. The summed E-state index contributed by atoms with van der Waals surface area (Å²) in [4.78, 5) is 0. The van der Waals surface area contributed by atoms with Crippen molar-refractivity contribution in [2.45, 2.75) is 6.18 Å². The molecule has 0 atom stereocenters. The molecule has 0 bridgehead atoms. The van der Waals surface area contributed by atoms with Crippen LogP contribution in [0.4, 0.5) is 22.0 Å². The third-order valence-electron chi connectivity index (χ3n) is 14.0. The molecule has 0 radical (unpaired) electrons. The van der Waals surface area contributed by atoms with Gasteiger partial charge in [0.2, 0.25) is 0 Å². The van der Waals surface area contributed by atoms with Crippen LogP contribution in [0.25, 0.3) is 121 Å². The molecule has 4 aromatic heterocycles. The highest BCUT2D eigenvalue weighted by Crippen LogP contribution is 2.50. The largest absolute Gasteiger partial charge is 0.420 e. The number of para-hydroxylation sites is 6. The van der Waals surface area contributed by atoms with Crippen LogP contribution < -0.4 is 0 Å². The van der Waals surface area contributed by atoms with E-state index in [0.29, 0.717) is 22.1 Å². The summed E-state index contributed by atoms with van der Waals surface area (Å²) in [5.74, 6) is -1.70. The van der Waals surface area contributed by atoms with Crippen LogP contribution in [0.5, 0.6) is 0 Å². The van der Waals surface area contributed by atoms with Crippen molar-refractivity contribution in [3.63, 3.8) is 0 Å². The van der Waals surface area contributed by atoms with Crippen molar-refractivity contribution < 1.29 is 22.0 Å². The second-order valence-corrected chi connectivity index (χ2v) is 17.8. The van der Waals surface area contributed by atoms with Crippen LogP contribution in [0.3, 0.4) is 0 Å². The quantitative estimate of drug-likeness (QED) is 0.153. The SMILES string of the molecule is Fc1cc(F)cc(-c2cc(-n3c4ccccc4c4ccc5c(c6ccccc6n5-c5ccccc5)c43)c(C(F)(F)F)c(-n3c4ccccc4c4ccc5c(c6ccccc6n5-c5ccccc5)c43)c2)c1. The number of hydrogen-bond acceptors (Lipinski definition) is 0. The normalized spacial score (nSPS) is 12.4. The highest BCUT2D eigenvalue weighted by Gasteiger charge is 2.40. The molecule has 14 rings (SSSR count). The van der Waals surface area contributed by atoms with Gasteiger partial charge in [-0.05, 0) is 96.1 Å². The van der Waals surface area contributed by atoms with Crippen molar-refractivity contribution in [1.82, 2.24) is 18.3 Å². The number of hydrogen-bond donors (Lipinski definition) is 0. The number of rotatable bonds is 5. The lowest BCUT2D eigenvalue weighted by Gasteiger charge is -2.23. The monoisotopic (exact) mass is 918 g/mol. The average Bonchev–Trinajstić information content (AvgIpc) is 4.11. The van der Waals surface area contributed by atoms with Crippen molar-refractivity contribution in [2.75, 3.05) is 0 Å². The standard InChI is InChI=1S/C61H35F5N4/c62-38-31-36(32-39(63)35-38)37-33-54(69-48-23-11-7-19-42(48)44-27-29-52-56(59(44)69)46-21-9-13-25-50(46)67(52)40-15-3-1-4-16-40)58(61(64,65)66)55(34-37)70-49-24-12-8-20-43(49)45-28-30-53-57(60(45)70)47-22-10-14-26-51(47)68(53)41-17-5-2-6-18-41/h1-35H. The number of aromatic nitrogens is 4. The van der Waals surface area contributed by atoms with Gasteiger partial charge < -0.3 is 18.3 Å². The van der Waals surface area contributed by atoms with Gasteiger partial charge in [-0.2, -0.15) is 13.2 Å². The molecule has 0 aliphatic carbocycles. The number of alkyl halides is 3. The van der Waals surface area contributed by atoms with Crippen LogP contribution in [0.2, 0.25) is 0 Å². The molecule has 70 heavy (non-hydrogen) atoms. The number of fused-ring (bicyclic) bond motifs is 14. The molecule has 0 amide bonds. The molecule has 10 aromatic carbocycles. The summed E-state index contributed by atoms with van der Waals surface area (Å²) < 4.78 is 90.2. The Balaban J connectivity index is 1.22. The molecule has 9 heteroatoms. The average molecular weight is 919 g/mol. The predicted octanol–water partition coefficient (Wildman–Crippen LogP) is 17.0. The van der Waals surface area contributed by atoms with Gasteiger partial charge in [0.05, 0.1) is 55.5 Å². The lowest BCUT2D eigenvalue weighted by atomic mass is 9.98. The van der Waals surface area contributed by atoms with Crippen LogP contribution in [-0.4, -0.2) is 18.3 Å². The Morgan fingerprint density at radius 3 is 1.07 bits per heavy atom. The second kappa shape index (κ2) is 14.8. The zero-order valence-electron chi connectivity index (χ0n) is 36.9. The first-order valence-electron chi connectivity index (χ1n) is 23.0. The first-order valence-corrected chi connectivity index (χ1v) is 23.0. The van der Waals surface area contributed by atoms with Gasteiger partial charge in [0, 0.05) is 60.5 Å². The molecule has 0 aliphatic heterocycles. The van der Waals surface area contributed by atoms with Gasteiger partial charge in [-0.1, -0.05) is 121 Å². The van der Waals surface area contributed by atoms with Crippen LogP contribution in [0.15, 0.2) is 212 Å². The van der Waals surface area contributed by atoms with E-state index in [1.54, 1.807) is 9.13 Å². The van der Waals surface area contributed by atoms with Crippen LogP contribution in [-0.2, 0) is 6.18 Å². The molecule has 0 saturated carbocycles. The zero-order chi connectivity index (χ0) is 47.0. The minimum absolute atomic E-state index is 0.0897. The molecule has 4 nitrogen and oxygen atoms in total. The van der Waals surface area contributed by atoms with Gasteiger partial charge in [-0.25, -0.2) is 8.78 Å². The smallest absolute Gasteiger partial charge is 0.309 e. The van der Waals surface area contributed by atoms with E-state index in [2.05, 4.69) is 9.13 Å². The minimum Gasteiger partial charge on any atom is -0.309 e. The highest BCUT2D eigenvalue weighted by atomic mass is 19.4. The van der Waals surface area contributed by atoms with E-state index < -0.39 is 23.4 Å². The fourth-order valence-corrected chi connectivity index (χ4v) is 11.4. The van der Waals surface area contributed by atoms with E-state index in [1.165, 1.54) is 24.3 Å². The molecule has 0 N–H and O–H groups in total. The number of nitrogens with zero attached hydrogens (tertiary/aromatic N) is 4. The molecule has 0 fully saturated rings. The predicted molar refractivity (Wildman–Crippen MR) is 274 cm³/mol. The summed E-state index contributed by atoms with van der Waals surface area (Å²) in [6.45, 7) is 0. The molecule has 0 unspecified atom stereocenters. The Bertz CT molecular complexity index is 4210. The van der Waals surface area contributed by atoms with Gasteiger partial charge >= 0.3 is 6.18 Å². The molecule has 0 spiro atoms.